The zero-order valence-corrected chi connectivity index (χ0v) is 12.7. The van der Waals surface area contributed by atoms with E-state index in [9.17, 15) is 8.42 Å². The first kappa shape index (κ1) is 16.0. The van der Waals surface area contributed by atoms with Crippen molar-refractivity contribution in [2.24, 2.45) is 11.8 Å². The molecule has 0 aromatic heterocycles. The van der Waals surface area contributed by atoms with Crippen LogP contribution in [0.2, 0.25) is 5.02 Å². The Hall–Kier alpha value is -1.09. The van der Waals surface area contributed by atoms with Gasteiger partial charge in [0, 0.05) is 6.54 Å². The highest BCUT2D eigenvalue weighted by molar-refractivity contribution is 7.89. The highest BCUT2D eigenvalue weighted by Crippen LogP contribution is 2.22. The average molecular weight is 301 g/mol. The van der Waals surface area contributed by atoms with Crippen LogP contribution in [0.1, 0.15) is 26.3 Å². The van der Waals surface area contributed by atoms with Crippen LogP contribution in [0.4, 0.5) is 0 Å². The minimum absolute atomic E-state index is 0.00382. The lowest BCUT2D eigenvalue weighted by Crippen LogP contribution is -2.30. The molecule has 19 heavy (non-hydrogen) atoms. The van der Waals surface area contributed by atoms with Crippen molar-refractivity contribution < 1.29 is 8.42 Å². The van der Waals surface area contributed by atoms with E-state index in [1.165, 1.54) is 18.2 Å². The number of halogens is 1. The van der Waals surface area contributed by atoms with Gasteiger partial charge < -0.3 is 0 Å². The van der Waals surface area contributed by atoms with Gasteiger partial charge in [0.25, 0.3) is 0 Å². The summed E-state index contributed by atoms with van der Waals surface area (Å²) in [6, 6.07) is 6.05. The molecule has 0 fully saturated rings. The van der Waals surface area contributed by atoms with Crippen LogP contribution in [-0.4, -0.2) is 15.0 Å². The van der Waals surface area contributed by atoms with Crippen molar-refractivity contribution in [1.82, 2.24) is 4.72 Å². The summed E-state index contributed by atoms with van der Waals surface area (Å²) in [5, 5.41) is 8.78. The Morgan fingerprint density at radius 2 is 2.00 bits per heavy atom. The molecule has 0 aliphatic heterocycles. The van der Waals surface area contributed by atoms with Gasteiger partial charge in [-0.15, -0.1) is 0 Å². The summed E-state index contributed by atoms with van der Waals surface area (Å²) in [7, 11) is -3.64. The molecule has 1 rings (SSSR count). The Bertz CT molecular complexity index is 591. The monoisotopic (exact) mass is 300 g/mol. The molecule has 104 valence electrons. The van der Waals surface area contributed by atoms with Crippen molar-refractivity contribution in [1.29, 1.82) is 5.26 Å². The van der Waals surface area contributed by atoms with Crippen LogP contribution in [0.25, 0.3) is 0 Å². The number of nitrogens with zero attached hydrogens (tertiary/aromatic N) is 1. The van der Waals surface area contributed by atoms with Gasteiger partial charge >= 0.3 is 0 Å². The molecule has 1 aromatic rings. The van der Waals surface area contributed by atoms with Gasteiger partial charge in [-0.25, -0.2) is 13.1 Å². The van der Waals surface area contributed by atoms with E-state index < -0.39 is 10.0 Å². The van der Waals surface area contributed by atoms with Crippen LogP contribution in [0.5, 0.6) is 0 Å². The zero-order valence-electron chi connectivity index (χ0n) is 11.1. The molecule has 1 atom stereocenters. The first-order valence-electron chi connectivity index (χ1n) is 5.97. The molecule has 0 bridgehead atoms. The zero-order chi connectivity index (χ0) is 14.6. The second-order valence-corrected chi connectivity index (χ2v) is 6.97. The van der Waals surface area contributed by atoms with Gasteiger partial charge in [0.05, 0.1) is 16.7 Å². The highest BCUT2D eigenvalue weighted by atomic mass is 35.5. The lowest BCUT2D eigenvalue weighted by atomic mass is 9.99. The maximum absolute atomic E-state index is 12.1. The van der Waals surface area contributed by atoms with E-state index in [4.69, 9.17) is 16.9 Å². The lowest BCUT2D eigenvalue weighted by Gasteiger charge is -2.16. The molecular weight excluding hydrogens is 284 g/mol. The first-order valence-corrected chi connectivity index (χ1v) is 7.83. The SMILES string of the molecule is CC(C)C(C)CNS(=O)(=O)c1ccc(C#N)cc1Cl. The van der Waals surface area contributed by atoms with Crippen molar-refractivity contribution in [2.75, 3.05) is 6.54 Å². The fraction of sp³-hybridized carbons (Fsp3) is 0.462. The number of hydrogen-bond acceptors (Lipinski definition) is 3. The van der Waals surface area contributed by atoms with Gasteiger partial charge in [0.2, 0.25) is 10.0 Å². The maximum Gasteiger partial charge on any atom is 0.242 e. The Kier molecular flexibility index (Phi) is 5.36. The molecular formula is C13H17ClN2O2S. The van der Waals surface area contributed by atoms with Gasteiger partial charge in [-0.05, 0) is 30.0 Å². The van der Waals surface area contributed by atoms with E-state index in [-0.39, 0.29) is 15.8 Å². The van der Waals surface area contributed by atoms with Gasteiger partial charge in [0.15, 0.2) is 0 Å². The van der Waals surface area contributed by atoms with E-state index in [0.717, 1.165) is 0 Å². The van der Waals surface area contributed by atoms with Crippen molar-refractivity contribution >= 4 is 21.6 Å². The quantitative estimate of drug-likeness (QED) is 0.909. The minimum atomic E-state index is -3.64. The molecule has 0 amide bonds. The predicted octanol–water partition coefficient (Wildman–Crippen LogP) is 2.78. The Morgan fingerprint density at radius 1 is 1.37 bits per heavy atom. The molecule has 0 saturated heterocycles. The second kappa shape index (κ2) is 6.38. The van der Waals surface area contributed by atoms with E-state index >= 15 is 0 Å². The van der Waals surface area contributed by atoms with Crippen molar-refractivity contribution in [3.63, 3.8) is 0 Å². The predicted molar refractivity (Wildman–Crippen MR) is 75.4 cm³/mol. The van der Waals surface area contributed by atoms with Crippen LogP contribution < -0.4 is 4.72 Å². The third-order valence-electron chi connectivity index (χ3n) is 3.08. The van der Waals surface area contributed by atoms with Crippen LogP contribution in [0.3, 0.4) is 0 Å². The fourth-order valence-electron chi connectivity index (χ4n) is 1.34. The molecule has 0 aliphatic carbocycles. The van der Waals surface area contributed by atoms with Crippen LogP contribution >= 0.6 is 11.6 Å². The van der Waals surface area contributed by atoms with Gasteiger partial charge in [-0.1, -0.05) is 32.4 Å². The summed E-state index contributed by atoms with van der Waals surface area (Å²) < 4.78 is 26.7. The normalized spacial score (nSPS) is 13.3. The van der Waals surface area contributed by atoms with Crippen molar-refractivity contribution in [2.45, 2.75) is 25.7 Å². The molecule has 0 aliphatic rings. The summed E-state index contributed by atoms with van der Waals surface area (Å²) in [5.41, 5.74) is 0.333. The van der Waals surface area contributed by atoms with E-state index in [1.807, 2.05) is 26.8 Å². The minimum Gasteiger partial charge on any atom is -0.211 e. The number of benzene rings is 1. The summed E-state index contributed by atoms with van der Waals surface area (Å²) in [6.45, 7) is 6.41. The lowest BCUT2D eigenvalue weighted by molar-refractivity contribution is 0.414. The third-order valence-corrected chi connectivity index (χ3v) is 4.99. The molecule has 1 unspecified atom stereocenters. The second-order valence-electron chi connectivity index (χ2n) is 4.83. The van der Waals surface area contributed by atoms with Crippen LogP contribution in [0, 0.1) is 23.2 Å². The molecule has 0 spiro atoms. The summed E-state index contributed by atoms with van der Waals surface area (Å²) >= 11 is 5.90. The maximum atomic E-state index is 12.1. The van der Waals surface area contributed by atoms with Gasteiger partial charge in [-0.2, -0.15) is 5.26 Å². The molecule has 1 aromatic carbocycles. The average Bonchev–Trinajstić information content (AvgIpc) is 2.35. The smallest absolute Gasteiger partial charge is 0.211 e. The Morgan fingerprint density at radius 3 is 2.47 bits per heavy atom. The number of hydrogen-bond donors (Lipinski definition) is 1. The number of rotatable bonds is 5. The molecule has 4 nitrogen and oxygen atoms in total. The summed E-state index contributed by atoms with van der Waals surface area (Å²) in [6.07, 6.45) is 0. The number of sulfonamides is 1. The standard InChI is InChI=1S/C13H17ClN2O2S/c1-9(2)10(3)8-16-19(17,18)13-5-4-11(7-15)6-12(13)14/h4-6,9-10,16H,8H2,1-3H3. The largest absolute Gasteiger partial charge is 0.242 e. The third kappa shape index (κ3) is 4.20. The molecule has 1 N–H and O–H groups in total. The van der Waals surface area contributed by atoms with E-state index in [0.29, 0.717) is 18.0 Å². The Balaban J connectivity index is 2.93. The van der Waals surface area contributed by atoms with Gasteiger partial charge in [-0.3, -0.25) is 0 Å². The number of nitrogens with one attached hydrogen (secondary N) is 1. The highest BCUT2D eigenvalue weighted by Gasteiger charge is 2.19. The summed E-state index contributed by atoms with van der Waals surface area (Å²) in [4.78, 5) is 0.00382. The topological polar surface area (TPSA) is 70.0 Å². The van der Waals surface area contributed by atoms with Crippen LogP contribution in [-0.2, 0) is 10.0 Å². The number of nitriles is 1. The Labute approximate surface area is 119 Å². The van der Waals surface area contributed by atoms with Crippen LogP contribution in [0.15, 0.2) is 23.1 Å². The van der Waals surface area contributed by atoms with Crippen molar-refractivity contribution in [3.05, 3.63) is 28.8 Å². The molecule has 0 heterocycles. The van der Waals surface area contributed by atoms with E-state index in [1.54, 1.807) is 0 Å². The van der Waals surface area contributed by atoms with E-state index in [2.05, 4.69) is 4.72 Å². The fourth-order valence-corrected chi connectivity index (χ4v) is 3.03. The first-order chi connectivity index (χ1) is 8.77. The van der Waals surface area contributed by atoms with Gasteiger partial charge in [0.1, 0.15) is 4.90 Å². The summed E-state index contributed by atoms with van der Waals surface area (Å²) in [5.74, 6) is 0.617. The van der Waals surface area contributed by atoms with Crippen molar-refractivity contribution in [3.8, 4) is 6.07 Å². The molecule has 6 heteroatoms. The molecule has 0 radical (unpaired) electrons. The molecule has 0 saturated carbocycles.